The van der Waals surface area contributed by atoms with E-state index >= 15 is 0 Å². The molecule has 0 saturated carbocycles. The van der Waals surface area contributed by atoms with Crippen LogP contribution in [0, 0.1) is 0 Å². The molecule has 0 bridgehead atoms. The first kappa shape index (κ1) is 18.6. The second-order valence-corrected chi connectivity index (χ2v) is 6.01. The summed E-state index contributed by atoms with van der Waals surface area (Å²) in [5.41, 5.74) is 1.38. The molecule has 0 unspecified atom stereocenters. The molecule has 3 rings (SSSR count). The van der Waals surface area contributed by atoms with E-state index in [1.807, 2.05) is 13.0 Å². The number of carbonyl (C=O) groups is 1. The van der Waals surface area contributed by atoms with Gasteiger partial charge in [0, 0.05) is 32.4 Å². The molecule has 0 aliphatic carbocycles. The molecule has 1 amide bonds. The van der Waals surface area contributed by atoms with Gasteiger partial charge in [-0.25, -0.2) is 4.79 Å². The molecular weight excluding hydrogens is 342 g/mol. The van der Waals surface area contributed by atoms with Crippen LogP contribution in [0.1, 0.15) is 6.92 Å². The Kier molecular flexibility index (Phi) is 5.72. The minimum absolute atomic E-state index is 0.337. The van der Waals surface area contributed by atoms with Crippen molar-refractivity contribution < 1.29 is 28.5 Å². The van der Waals surface area contributed by atoms with Crippen molar-refractivity contribution in [2.45, 2.75) is 37.6 Å². The molecule has 9 heteroatoms. The number of hydrogen-bond acceptors (Lipinski definition) is 7. The largest absolute Gasteiger partial charge is 0.416 e. The SMILES string of the molecule is CO[C@@H]1[C@@H](OC)[C@H](C)O[C@@H](OC(=O)Nc2ccc3cn[nH]c3c2)[C@@H]1OC. The predicted molar refractivity (Wildman–Crippen MR) is 92.9 cm³/mol. The molecule has 2 aromatic rings. The number of amides is 1. The number of anilines is 1. The summed E-state index contributed by atoms with van der Waals surface area (Å²) in [6.45, 7) is 1.83. The number of hydrogen-bond donors (Lipinski definition) is 2. The van der Waals surface area contributed by atoms with E-state index in [9.17, 15) is 4.79 Å². The first-order chi connectivity index (χ1) is 12.6. The highest BCUT2D eigenvalue weighted by molar-refractivity contribution is 5.89. The van der Waals surface area contributed by atoms with Crippen molar-refractivity contribution in [2.75, 3.05) is 26.6 Å². The van der Waals surface area contributed by atoms with E-state index in [-0.39, 0.29) is 12.2 Å². The fourth-order valence-electron chi connectivity index (χ4n) is 3.18. The van der Waals surface area contributed by atoms with Crippen LogP contribution in [0.4, 0.5) is 10.5 Å². The molecule has 2 N–H and O–H groups in total. The number of fused-ring (bicyclic) bond motifs is 1. The van der Waals surface area contributed by atoms with E-state index in [0.717, 1.165) is 10.9 Å². The molecule has 1 aliphatic rings. The van der Waals surface area contributed by atoms with Crippen molar-refractivity contribution in [3.8, 4) is 0 Å². The van der Waals surface area contributed by atoms with Gasteiger partial charge in [0.1, 0.15) is 18.3 Å². The van der Waals surface area contributed by atoms with Crippen LogP contribution in [-0.2, 0) is 23.7 Å². The first-order valence-corrected chi connectivity index (χ1v) is 8.22. The van der Waals surface area contributed by atoms with E-state index < -0.39 is 24.6 Å². The van der Waals surface area contributed by atoms with Gasteiger partial charge in [0.05, 0.1) is 17.8 Å². The molecular formula is C17H23N3O6. The zero-order chi connectivity index (χ0) is 18.7. The van der Waals surface area contributed by atoms with Crippen LogP contribution >= 0.6 is 0 Å². The zero-order valence-corrected chi connectivity index (χ0v) is 15.1. The van der Waals surface area contributed by atoms with Crippen LogP contribution in [0.5, 0.6) is 0 Å². The number of aromatic nitrogens is 2. The maximum absolute atomic E-state index is 12.3. The Morgan fingerprint density at radius 3 is 2.58 bits per heavy atom. The van der Waals surface area contributed by atoms with Crippen LogP contribution in [0.15, 0.2) is 24.4 Å². The van der Waals surface area contributed by atoms with Gasteiger partial charge < -0.3 is 23.7 Å². The topological polar surface area (TPSA) is 104 Å². The lowest BCUT2D eigenvalue weighted by molar-refractivity contribution is -0.288. The Morgan fingerprint density at radius 1 is 1.15 bits per heavy atom. The Bertz CT molecular complexity index is 751. The molecule has 26 heavy (non-hydrogen) atoms. The number of methoxy groups -OCH3 is 3. The van der Waals surface area contributed by atoms with Gasteiger partial charge in [-0.15, -0.1) is 0 Å². The summed E-state index contributed by atoms with van der Waals surface area (Å²) in [5, 5.41) is 10.4. The van der Waals surface area contributed by atoms with E-state index in [0.29, 0.717) is 5.69 Å². The maximum atomic E-state index is 12.3. The summed E-state index contributed by atoms with van der Waals surface area (Å²) in [6.07, 6.45) is -1.62. The summed E-state index contributed by atoms with van der Waals surface area (Å²) in [5.74, 6) is 0. The zero-order valence-electron chi connectivity index (χ0n) is 15.1. The molecule has 1 aliphatic heterocycles. The lowest BCUT2D eigenvalue weighted by Crippen LogP contribution is -2.59. The predicted octanol–water partition coefficient (Wildman–Crippen LogP) is 1.90. The van der Waals surface area contributed by atoms with E-state index in [2.05, 4.69) is 15.5 Å². The van der Waals surface area contributed by atoms with Gasteiger partial charge in [-0.3, -0.25) is 10.4 Å². The Morgan fingerprint density at radius 2 is 1.88 bits per heavy atom. The number of H-pyrrole nitrogens is 1. The Hall–Kier alpha value is -2.20. The summed E-state index contributed by atoms with van der Waals surface area (Å²) in [6, 6.07) is 5.37. The molecule has 0 spiro atoms. The van der Waals surface area contributed by atoms with Gasteiger partial charge in [0.25, 0.3) is 0 Å². The van der Waals surface area contributed by atoms with Crippen molar-refractivity contribution in [1.29, 1.82) is 0 Å². The van der Waals surface area contributed by atoms with Gasteiger partial charge in [-0.2, -0.15) is 5.10 Å². The molecule has 1 aromatic carbocycles. The number of benzene rings is 1. The van der Waals surface area contributed by atoms with Crippen molar-refractivity contribution >= 4 is 22.7 Å². The Labute approximate surface area is 150 Å². The van der Waals surface area contributed by atoms with Crippen LogP contribution in [0.3, 0.4) is 0 Å². The number of aromatic amines is 1. The highest BCUT2D eigenvalue weighted by Crippen LogP contribution is 2.28. The average Bonchev–Trinajstić information content (AvgIpc) is 3.08. The van der Waals surface area contributed by atoms with Crippen molar-refractivity contribution in [1.82, 2.24) is 10.2 Å². The van der Waals surface area contributed by atoms with Crippen LogP contribution in [0.25, 0.3) is 10.9 Å². The smallest absolute Gasteiger partial charge is 0.414 e. The molecule has 5 atom stereocenters. The van der Waals surface area contributed by atoms with Crippen LogP contribution in [-0.4, -0.2) is 68.3 Å². The minimum atomic E-state index is -0.928. The van der Waals surface area contributed by atoms with E-state index in [1.54, 1.807) is 32.5 Å². The van der Waals surface area contributed by atoms with Gasteiger partial charge in [0.15, 0.2) is 0 Å². The minimum Gasteiger partial charge on any atom is -0.416 e. The van der Waals surface area contributed by atoms with Gasteiger partial charge in [0.2, 0.25) is 6.29 Å². The number of carbonyl (C=O) groups excluding carboxylic acids is 1. The molecule has 1 fully saturated rings. The van der Waals surface area contributed by atoms with Crippen molar-refractivity contribution in [2.24, 2.45) is 0 Å². The second kappa shape index (κ2) is 8.00. The molecule has 1 saturated heterocycles. The fourth-order valence-corrected chi connectivity index (χ4v) is 3.18. The third-order valence-electron chi connectivity index (χ3n) is 4.46. The van der Waals surface area contributed by atoms with Crippen LogP contribution < -0.4 is 5.32 Å². The highest BCUT2D eigenvalue weighted by Gasteiger charge is 2.47. The van der Waals surface area contributed by atoms with Crippen molar-refractivity contribution in [3.63, 3.8) is 0 Å². The Balaban J connectivity index is 1.68. The van der Waals surface area contributed by atoms with Gasteiger partial charge in [-0.05, 0) is 25.1 Å². The molecule has 142 valence electrons. The lowest BCUT2D eigenvalue weighted by Gasteiger charge is -2.43. The molecule has 9 nitrogen and oxygen atoms in total. The summed E-state index contributed by atoms with van der Waals surface area (Å²) >= 11 is 0. The molecule has 2 heterocycles. The monoisotopic (exact) mass is 365 g/mol. The van der Waals surface area contributed by atoms with Crippen LogP contribution in [0.2, 0.25) is 0 Å². The van der Waals surface area contributed by atoms with Gasteiger partial charge >= 0.3 is 6.09 Å². The number of nitrogens with one attached hydrogen (secondary N) is 2. The third-order valence-corrected chi connectivity index (χ3v) is 4.46. The summed E-state index contributed by atoms with van der Waals surface area (Å²) in [7, 11) is 4.63. The highest BCUT2D eigenvalue weighted by atomic mass is 16.7. The molecule has 1 aromatic heterocycles. The lowest BCUT2D eigenvalue weighted by atomic mass is 9.99. The first-order valence-electron chi connectivity index (χ1n) is 8.22. The average molecular weight is 365 g/mol. The van der Waals surface area contributed by atoms with E-state index in [4.69, 9.17) is 23.7 Å². The maximum Gasteiger partial charge on any atom is 0.414 e. The number of rotatable bonds is 5. The molecule has 0 radical (unpaired) electrons. The summed E-state index contributed by atoms with van der Waals surface area (Å²) < 4.78 is 27.5. The van der Waals surface area contributed by atoms with Crippen molar-refractivity contribution in [3.05, 3.63) is 24.4 Å². The van der Waals surface area contributed by atoms with Gasteiger partial charge in [-0.1, -0.05) is 0 Å². The second-order valence-electron chi connectivity index (χ2n) is 6.01. The van der Waals surface area contributed by atoms with E-state index in [1.165, 1.54) is 7.11 Å². The normalized spacial score (nSPS) is 28.8. The fraction of sp³-hybridized carbons (Fsp3) is 0.529. The number of nitrogens with zero attached hydrogens (tertiary/aromatic N) is 1. The summed E-state index contributed by atoms with van der Waals surface area (Å²) in [4.78, 5) is 12.3. The quantitative estimate of drug-likeness (QED) is 0.834. The third kappa shape index (κ3) is 3.65. The standard InChI is InChI=1S/C17H23N3O6/c1-9-13(22-2)14(23-3)15(24-4)16(25-9)26-17(21)19-11-6-5-10-8-18-20-12(10)7-11/h5-9,13-16H,1-4H3,(H,18,20)(H,19,21)/t9-,13-,14+,15+,16-/m0/s1. The number of ether oxygens (including phenoxy) is 5.